The van der Waals surface area contributed by atoms with Crippen molar-refractivity contribution >= 4 is 27.5 Å². The lowest BCUT2D eigenvalue weighted by atomic mass is 10.0. The molecule has 0 radical (unpaired) electrons. The van der Waals surface area contributed by atoms with E-state index in [0.29, 0.717) is 34.7 Å². The fourth-order valence-electron chi connectivity index (χ4n) is 5.11. The average Bonchev–Trinajstić information content (AvgIpc) is 3.09. The first kappa shape index (κ1) is 36.0. The molecule has 4 aromatic carbocycles. The summed E-state index contributed by atoms with van der Waals surface area (Å²) in [5.74, 6) is -0.731. The second kappa shape index (κ2) is 16.3. The van der Waals surface area contributed by atoms with Gasteiger partial charge in [0.15, 0.2) is 0 Å². The van der Waals surface area contributed by atoms with Crippen molar-refractivity contribution in [1.82, 2.24) is 10.2 Å². The summed E-state index contributed by atoms with van der Waals surface area (Å²) in [6, 6.07) is 25.8. The van der Waals surface area contributed by atoms with E-state index in [-0.39, 0.29) is 23.5 Å². The summed E-state index contributed by atoms with van der Waals surface area (Å²) in [5.41, 5.74) is -0.0801. The topological polar surface area (TPSA) is 96.0 Å². The van der Waals surface area contributed by atoms with Crippen LogP contribution in [-0.4, -0.2) is 51.4 Å². The van der Waals surface area contributed by atoms with Gasteiger partial charge in [-0.3, -0.25) is 13.9 Å². The molecule has 254 valence electrons. The number of amides is 2. The fraction of sp³-hybridized carbons (Fsp3) is 0.278. The van der Waals surface area contributed by atoms with Crippen molar-refractivity contribution in [3.8, 4) is 5.75 Å². The molecule has 1 atom stereocenters. The van der Waals surface area contributed by atoms with Crippen LogP contribution in [0.15, 0.2) is 114 Å². The number of ether oxygens (including phenoxy) is 1. The molecule has 0 fully saturated rings. The summed E-state index contributed by atoms with van der Waals surface area (Å²) in [6.07, 6.45) is -3.15. The number of hydrogen-bond acceptors (Lipinski definition) is 5. The SMILES string of the molecule is CCCCNC(=O)[C@H](Cc1ccccc1)N(Cc1cccc(OC)c1)C(=O)CN(c1cccc(C(F)(F)F)c1)S(=O)(=O)c1ccccc1. The number of nitrogens with one attached hydrogen (secondary N) is 1. The molecule has 0 saturated heterocycles. The number of sulfonamides is 1. The number of hydrogen-bond donors (Lipinski definition) is 1. The van der Waals surface area contributed by atoms with Gasteiger partial charge in [-0.1, -0.05) is 80.1 Å². The minimum atomic E-state index is -4.77. The predicted octanol–water partition coefficient (Wildman–Crippen LogP) is 6.47. The van der Waals surface area contributed by atoms with Crippen LogP contribution in [0.2, 0.25) is 0 Å². The van der Waals surface area contributed by atoms with Gasteiger partial charge in [0.25, 0.3) is 10.0 Å². The number of halogens is 3. The molecule has 2 amide bonds. The quantitative estimate of drug-likeness (QED) is 0.145. The van der Waals surface area contributed by atoms with Gasteiger partial charge >= 0.3 is 6.18 Å². The Morgan fingerprint density at radius 3 is 2.15 bits per heavy atom. The third-order valence-electron chi connectivity index (χ3n) is 7.66. The standard InChI is InChI=1S/C36H38F3N3O5S/c1-3-4-21-40-35(44)33(23-27-13-7-5-8-14-27)41(25-28-15-11-18-31(22-28)47-2)34(43)26-42(48(45,46)32-19-9-6-10-20-32)30-17-12-16-29(24-30)36(37,38)39/h5-20,22,24,33H,3-4,21,23,25-26H2,1-2H3,(H,40,44)/t33-/m0/s1. The Labute approximate surface area is 279 Å². The van der Waals surface area contributed by atoms with Crippen LogP contribution in [-0.2, 0) is 38.8 Å². The highest BCUT2D eigenvalue weighted by Crippen LogP contribution is 2.33. The zero-order valence-corrected chi connectivity index (χ0v) is 27.5. The summed E-state index contributed by atoms with van der Waals surface area (Å²) in [4.78, 5) is 29.4. The van der Waals surface area contributed by atoms with Crippen LogP contribution in [0.25, 0.3) is 0 Å². The van der Waals surface area contributed by atoms with Crippen molar-refractivity contribution in [2.24, 2.45) is 0 Å². The smallest absolute Gasteiger partial charge is 0.416 e. The molecule has 1 N–H and O–H groups in total. The van der Waals surface area contributed by atoms with E-state index < -0.39 is 46.2 Å². The van der Waals surface area contributed by atoms with Gasteiger partial charge in [0.05, 0.1) is 23.3 Å². The molecule has 0 aliphatic heterocycles. The number of carbonyl (C=O) groups excluding carboxylic acids is 2. The highest BCUT2D eigenvalue weighted by Gasteiger charge is 2.36. The number of rotatable bonds is 15. The molecule has 0 aliphatic rings. The monoisotopic (exact) mass is 681 g/mol. The lowest BCUT2D eigenvalue weighted by Gasteiger charge is -2.34. The summed E-state index contributed by atoms with van der Waals surface area (Å²) >= 11 is 0. The molecule has 0 bridgehead atoms. The third kappa shape index (κ3) is 9.37. The molecule has 0 saturated carbocycles. The second-order valence-electron chi connectivity index (χ2n) is 11.1. The van der Waals surface area contributed by atoms with Crippen LogP contribution < -0.4 is 14.4 Å². The van der Waals surface area contributed by atoms with E-state index in [1.807, 2.05) is 25.1 Å². The number of anilines is 1. The fourth-order valence-corrected chi connectivity index (χ4v) is 6.54. The molecule has 0 aliphatic carbocycles. The largest absolute Gasteiger partial charge is 0.497 e. The lowest BCUT2D eigenvalue weighted by Crippen LogP contribution is -2.53. The van der Waals surface area contributed by atoms with E-state index in [1.165, 1.54) is 42.3 Å². The van der Waals surface area contributed by atoms with Crippen molar-refractivity contribution in [3.63, 3.8) is 0 Å². The average molecular weight is 682 g/mol. The molecule has 0 unspecified atom stereocenters. The van der Waals surface area contributed by atoms with Crippen molar-refractivity contribution in [3.05, 3.63) is 126 Å². The van der Waals surface area contributed by atoms with E-state index in [0.717, 1.165) is 24.1 Å². The summed E-state index contributed by atoms with van der Waals surface area (Å²) in [6.45, 7) is 1.34. The van der Waals surface area contributed by atoms with Gasteiger partial charge in [0.2, 0.25) is 11.8 Å². The predicted molar refractivity (Wildman–Crippen MR) is 178 cm³/mol. The molecule has 8 nitrogen and oxygen atoms in total. The van der Waals surface area contributed by atoms with Crippen molar-refractivity contribution in [2.45, 2.75) is 49.8 Å². The number of carbonyl (C=O) groups is 2. The van der Waals surface area contributed by atoms with E-state index in [1.54, 1.807) is 42.5 Å². The van der Waals surface area contributed by atoms with E-state index in [4.69, 9.17) is 4.74 Å². The van der Waals surface area contributed by atoms with Gasteiger partial charge in [-0.25, -0.2) is 8.42 Å². The van der Waals surface area contributed by atoms with Crippen LogP contribution >= 0.6 is 0 Å². The Hall–Kier alpha value is -4.84. The molecule has 0 heterocycles. The van der Waals surface area contributed by atoms with E-state index >= 15 is 0 Å². The van der Waals surface area contributed by atoms with Crippen LogP contribution in [0.1, 0.15) is 36.5 Å². The summed E-state index contributed by atoms with van der Waals surface area (Å²) in [5, 5.41) is 2.90. The number of methoxy groups -OCH3 is 1. The summed E-state index contributed by atoms with van der Waals surface area (Å²) < 4.78 is 75.4. The van der Waals surface area contributed by atoms with Crippen LogP contribution in [0, 0.1) is 0 Å². The first-order valence-corrected chi connectivity index (χ1v) is 16.9. The highest BCUT2D eigenvalue weighted by atomic mass is 32.2. The minimum Gasteiger partial charge on any atom is -0.497 e. The number of nitrogens with zero attached hydrogens (tertiary/aromatic N) is 2. The molecular formula is C36H38F3N3O5S. The summed E-state index contributed by atoms with van der Waals surface area (Å²) in [7, 11) is -3.06. The number of alkyl halides is 3. The highest BCUT2D eigenvalue weighted by molar-refractivity contribution is 7.92. The van der Waals surface area contributed by atoms with Crippen LogP contribution in [0.4, 0.5) is 18.9 Å². The molecule has 48 heavy (non-hydrogen) atoms. The van der Waals surface area contributed by atoms with E-state index in [9.17, 15) is 31.2 Å². The molecule has 0 aromatic heterocycles. The molecule has 4 aromatic rings. The normalized spacial score (nSPS) is 12.2. The maximum absolute atomic E-state index is 14.5. The van der Waals surface area contributed by atoms with Gasteiger partial charge in [-0.05, 0) is 60.0 Å². The van der Waals surface area contributed by atoms with Crippen LogP contribution in [0.5, 0.6) is 5.75 Å². The zero-order valence-electron chi connectivity index (χ0n) is 26.7. The van der Waals surface area contributed by atoms with Crippen molar-refractivity contribution in [1.29, 1.82) is 0 Å². The van der Waals surface area contributed by atoms with Gasteiger partial charge in [-0.15, -0.1) is 0 Å². The Bertz CT molecular complexity index is 1770. The number of unbranched alkanes of at least 4 members (excludes halogenated alkanes) is 1. The minimum absolute atomic E-state index is 0.101. The molecule has 12 heteroatoms. The Kier molecular flexibility index (Phi) is 12.2. The molecule has 4 rings (SSSR count). The van der Waals surface area contributed by atoms with Gasteiger partial charge < -0.3 is 15.0 Å². The first-order valence-electron chi connectivity index (χ1n) is 15.4. The molecule has 0 spiro atoms. The third-order valence-corrected chi connectivity index (χ3v) is 9.45. The van der Waals surface area contributed by atoms with Crippen LogP contribution in [0.3, 0.4) is 0 Å². The first-order chi connectivity index (χ1) is 22.9. The van der Waals surface area contributed by atoms with Crippen molar-refractivity contribution in [2.75, 3.05) is 24.5 Å². The van der Waals surface area contributed by atoms with E-state index in [2.05, 4.69) is 5.32 Å². The molecular weight excluding hydrogens is 643 g/mol. The van der Waals surface area contributed by atoms with Gasteiger partial charge in [-0.2, -0.15) is 13.2 Å². The lowest BCUT2D eigenvalue weighted by molar-refractivity contribution is -0.140. The van der Waals surface area contributed by atoms with Gasteiger partial charge in [0, 0.05) is 19.5 Å². The number of benzene rings is 4. The second-order valence-corrected chi connectivity index (χ2v) is 13.0. The maximum atomic E-state index is 14.5. The van der Waals surface area contributed by atoms with Gasteiger partial charge in [0.1, 0.15) is 18.3 Å². The Balaban J connectivity index is 1.83. The Morgan fingerprint density at radius 1 is 0.854 bits per heavy atom. The Morgan fingerprint density at radius 2 is 1.50 bits per heavy atom. The maximum Gasteiger partial charge on any atom is 0.416 e. The van der Waals surface area contributed by atoms with Crippen molar-refractivity contribution < 1.29 is 35.9 Å². The zero-order chi connectivity index (χ0) is 34.7.